The van der Waals surface area contributed by atoms with Crippen molar-refractivity contribution in [2.24, 2.45) is 17.6 Å². The largest absolute Gasteiger partial charge is 0.377 e. The first-order chi connectivity index (χ1) is 16.8. The molecule has 0 radical (unpaired) electrons. The van der Waals surface area contributed by atoms with E-state index >= 15 is 0 Å². The predicted molar refractivity (Wildman–Crippen MR) is 133 cm³/mol. The Kier molecular flexibility index (Phi) is 8.95. The molecule has 3 rings (SSSR count). The van der Waals surface area contributed by atoms with Crippen LogP contribution in [0.4, 0.5) is 0 Å². The smallest absolute Gasteiger partial charge is 0.243 e. The summed E-state index contributed by atoms with van der Waals surface area (Å²) in [7, 11) is 0. The summed E-state index contributed by atoms with van der Waals surface area (Å²) in [4.78, 5) is 33.2. The lowest BCUT2D eigenvalue weighted by atomic mass is 9.94. The third-order valence-corrected chi connectivity index (χ3v) is 5.85. The Labute approximate surface area is 204 Å². The normalized spacial score (nSPS) is 14.6. The molecule has 0 aliphatic carbocycles. The number of benzene rings is 2. The maximum Gasteiger partial charge on any atom is 0.243 e. The van der Waals surface area contributed by atoms with E-state index in [2.05, 4.69) is 26.7 Å². The van der Waals surface area contributed by atoms with Crippen molar-refractivity contribution in [3.63, 3.8) is 0 Å². The van der Waals surface area contributed by atoms with Crippen molar-refractivity contribution in [2.45, 2.75) is 51.4 Å². The molecule has 2 aromatic carbocycles. The van der Waals surface area contributed by atoms with Crippen molar-refractivity contribution >= 4 is 22.6 Å². The van der Waals surface area contributed by atoms with Crippen LogP contribution in [0, 0.1) is 23.2 Å². The minimum Gasteiger partial charge on any atom is -0.377 e. The average molecular weight is 477 g/mol. The number of nitrogens with one attached hydrogen (secondary N) is 3. The summed E-state index contributed by atoms with van der Waals surface area (Å²) in [6.07, 6.45) is 2.61. The van der Waals surface area contributed by atoms with Crippen molar-refractivity contribution in [1.29, 1.82) is 5.26 Å². The third kappa shape index (κ3) is 7.12. The van der Waals surface area contributed by atoms with E-state index in [1.54, 1.807) is 6.20 Å². The van der Waals surface area contributed by atoms with Gasteiger partial charge in [-0.1, -0.05) is 56.3 Å². The van der Waals surface area contributed by atoms with E-state index in [9.17, 15) is 20.0 Å². The Hall–Kier alpha value is -3.74. The van der Waals surface area contributed by atoms with E-state index in [1.165, 1.54) is 6.33 Å². The molecule has 1 heterocycles. The molecule has 0 saturated carbocycles. The minimum absolute atomic E-state index is 0.138. The van der Waals surface area contributed by atoms with Crippen molar-refractivity contribution in [3.8, 4) is 6.07 Å². The molecule has 1 aromatic heterocycles. The van der Waals surface area contributed by atoms with Gasteiger partial charge < -0.3 is 26.5 Å². The highest BCUT2D eigenvalue weighted by Gasteiger charge is 2.29. The standard InChI is InChI=1S/C26H32N6O3/c1-16(2)10-22(24(28)33)31-26(35)23(12-20-14-29-15-30-20)32-25(34)19(13-27)11-18-8-5-7-17-6-3-4-9-21(17)18/h3-9,14-16,19,22-24,33H,10-12,28H2,1-2H3,(H,29,30)(H,31,35)(H,32,34)/t19-,22-,23-,24+/m0/s1. The molecule has 2 amide bonds. The van der Waals surface area contributed by atoms with Gasteiger partial charge in [-0.3, -0.25) is 9.59 Å². The first kappa shape index (κ1) is 25.9. The second-order valence-corrected chi connectivity index (χ2v) is 9.10. The zero-order valence-electron chi connectivity index (χ0n) is 19.9. The number of aromatic nitrogens is 2. The molecule has 0 aliphatic heterocycles. The zero-order chi connectivity index (χ0) is 25.4. The number of nitriles is 1. The van der Waals surface area contributed by atoms with Crippen LogP contribution in [0.15, 0.2) is 55.0 Å². The summed E-state index contributed by atoms with van der Waals surface area (Å²) < 4.78 is 0. The van der Waals surface area contributed by atoms with Crippen LogP contribution in [0.2, 0.25) is 0 Å². The highest BCUT2D eigenvalue weighted by atomic mass is 16.3. The Balaban J connectivity index is 1.77. The number of nitrogens with two attached hydrogens (primary N) is 1. The van der Waals surface area contributed by atoms with Crippen molar-refractivity contribution in [2.75, 3.05) is 0 Å². The lowest BCUT2D eigenvalue weighted by Crippen LogP contribution is -2.56. The van der Waals surface area contributed by atoms with Gasteiger partial charge in [0.25, 0.3) is 0 Å². The molecule has 0 spiro atoms. The van der Waals surface area contributed by atoms with Gasteiger partial charge in [0.05, 0.1) is 18.4 Å². The Morgan fingerprint density at radius 1 is 1.11 bits per heavy atom. The Morgan fingerprint density at radius 3 is 2.51 bits per heavy atom. The third-order valence-electron chi connectivity index (χ3n) is 5.85. The van der Waals surface area contributed by atoms with Gasteiger partial charge in [0.15, 0.2) is 0 Å². The van der Waals surface area contributed by atoms with Gasteiger partial charge >= 0.3 is 0 Å². The first-order valence-electron chi connectivity index (χ1n) is 11.7. The molecule has 9 heteroatoms. The Bertz CT molecular complexity index is 1160. The number of carbonyl (C=O) groups is 2. The molecule has 0 bridgehead atoms. The fourth-order valence-electron chi connectivity index (χ4n) is 4.06. The van der Waals surface area contributed by atoms with Gasteiger partial charge in [-0.2, -0.15) is 5.26 Å². The second-order valence-electron chi connectivity index (χ2n) is 9.10. The number of imidazole rings is 1. The topological polar surface area (TPSA) is 157 Å². The average Bonchev–Trinajstić information content (AvgIpc) is 3.34. The lowest BCUT2D eigenvalue weighted by molar-refractivity contribution is -0.131. The van der Waals surface area contributed by atoms with Gasteiger partial charge in [0, 0.05) is 18.3 Å². The van der Waals surface area contributed by atoms with Crippen LogP contribution in [0.1, 0.15) is 31.5 Å². The van der Waals surface area contributed by atoms with Crippen LogP contribution in [0.25, 0.3) is 10.8 Å². The SMILES string of the molecule is CC(C)C[C@H](NC(=O)[C@H](Cc1cnc[nH]1)NC(=O)[C@H](C#N)Cc1cccc2ccccc12)[C@H](N)O. The molecule has 0 aliphatic rings. The number of aliphatic hydroxyl groups excluding tert-OH is 1. The molecule has 4 atom stereocenters. The van der Waals surface area contributed by atoms with E-state index < -0.39 is 36.0 Å². The van der Waals surface area contributed by atoms with Crippen LogP contribution in [-0.4, -0.2) is 45.2 Å². The monoisotopic (exact) mass is 476 g/mol. The van der Waals surface area contributed by atoms with E-state index in [0.29, 0.717) is 12.1 Å². The zero-order valence-corrected chi connectivity index (χ0v) is 19.9. The quantitative estimate of drug-likeness (QED) is 0.266. The minimum atomic E-state index is -1.25. The maximum atomic E-state index is 13.1. The number of rotatable bonds is 11. The number of hydrogen-bond donors (Lipinski definition) is 5. The van der Waals surface area contributed by atoms with Crippen molar-refractivity contribution < 1.29 is 14.7 Å². The number of H-pyrrole nitrogens is 1. The molecule has 0 unspecified atom stereocenters. The fraction of sp³-hybridized carbons (Fsp3) is 0.385. The molecule has 0 fully saturated rings. The number of amides is 2. The van der Waals surface area contributed by atoms with Crippen LogP contribution >= 0.6 is 0 Å². The second kappa shape index (κ2) is 12.1. The molecule has 3 aromatic rings. The highest BCUT2D eigenvalue weighted by Crippen LogP contribution is 2.21. The van der Waals surface area contributed by atoms with Crippen LogP contribution < -0.4 is 16.4 Å². The highest BCUT2D eigenvalue weighted by molar-refractivity contribution is 5.91. The maximum absolute atomic E-state index is 13.1. The van der Waals surface area contributed by atoms with Gasteiger partial charge in [0.2, 0.25) is 11.8 Å². The first-order valence-corrected chi connectivity index (χ1v) is 11.7. The van der Waals surface area contributed by atoms with E-state index in [4.69, 9.17) is 5.73 Å². The summed E-state index contributed by atoms with van der Waals surface area (Å²) in [5.74, 6) is -1.86. The number of fused-ring (bicyclic) bond motifs is 1. The van der Waals surface area contributed by atoms with Crippen LogP contribution in [-0.2, 0) is 22.4 Å². The number of hydrogen-bond acceptors (Lipinski definition) is 6. The summed E-state index contributed by atoms with van der Waals surface area (Å²) in [6.45, 7) is 3.91. The van der Waals surface area contributed by atoms with Gasteiger partial charge in [0.1, 0.15) is 18.2 Å². The van der Waals surface area contributed by atoms with Gasteiger partial charge in [-0.15, -0.1) is 0 Å². The number of aliphatic hydroxyl groups is 1. The Morgan fingerprint density at radius 2 is 1.86 bits per heavy atom. The summed E-state index contributed by atoms with van der Waals surface area (Å²) in [5, 5.41) is 27.2. The van der Waals surface area contributed by atoms with Crippen molar-refractivity contribution in [3.05, 3.63) is 66.2 Å². The molecule has 184 valence electrons. The molecular formula is C26H32N6O3. The van der Waals surface area contributed by atoms with E-state index in [-0.39, 0.29) is 18.8 Å². The van der Waals surface area contributed by atoms with Crippen LogP contribution in [0.5, 0.6) is 0 Å². The lowest BCUT2D eigenvalue weighted by Gasteiger charge is -2.26. The number of nitrogens with zero attached hydrogens (tertiary/aromatic N) is 2. The van der Waals surface area contributed by atoms with Crippen molar-refractivity contribution in [1.82, 2.24) is 20.6 Å². The molecule has 35 heavy (non-hydrogen) atoms. The fourth-order valence-corrected chi connectivity index (χ4v) is 4.06. The summed E-state index contributed by atoms with van der Waals surface area (Å²) in [6, 6.07) is 14.0. The molecule has 0 saturated heterocycles. The summed E-state index contributed by atoms with van der Waals surface area (Å²) in [5.41, 5.74) is 7.18. The molecule has 9 nitrogen and oxygen atoms in total. The molecule has 6 N–H and O–H groups in total. The van der Waals surface area contributed by atoms with Gasteiger partial charge in [-0.05, 0) is 35.1 Å². The van der Waals surface area contributed by atoms with E-state index in [1.807, 2.05) is 56.3 Å². The molecular weight excluding hydrogens is 444 g/mol. The van der Waals surface area contributed by atoms with Gasteiger partial charge in [-0.25, -0.2) is 4.98 Å². The number of aromatic amines is 1. The predicted octanol–water partition coefficient (Wildman–Crippen LogP) is 1.78. The van der Waals surface area contributed by atoms with E-state index in [0.717, 1.165) is 16.3 Å². The number of carbonyl (C=O) groups excluding carboxylic acids is 2. The summed E-state index contributed by atoms with van der Waals surface area (Å²) >= 11 is 0. The van der Waals surface area contributed by atoms with Crippen LogP contribution in [0.3, 0.4) is 0 Å².